The standard InChI is InChI=1S/C19H19NO7/c1-10-12(8-14(22)20-3-6-25-7-4-20)19(24)27-17-13(9-21)16(23)18-11(15(10)17)2-5-26-18/h9,23H,2-8H2,1H3. The molecule has 2 aliphatic heterocycles. The van der Waals surface area contributed by atoms with Gasteiger partial charge >= 0.3 is 5.63 Å². The third-order valence-corrected chi connectivity index (χ3v) is 5.19. The Morgan fingerprint density at radius 3 is 2.70 bits per heavy atom. The Morgan fingerprint density at radius 2 is 2.00 bits per heavy atom. The first-order chi connectivity index (χ1) is 13.0. The summed E-state index contributed by atoms with van der Waals surface area (Å²) in [6.07, 6.45) is 0.877. The molecular weight excluding hydrogens is 354 g/mol. The van der Waals surface area contributed by atoms with Gasteiger partial charge in [0.1, 0.15) is 5.56 Å². The number of nitrogens with zero attached hydrogens (tertiary/aromatic N) is 1. The number of aromatic hydroxyl groups is 1. The van der Waals surface area contributed by atoms with E-state index in [1.807, 2.05) is 0 Å². The summed E-state index contributed by atoms with van der Waals surface area (Å²) in [5.74, 6) is -0.243. The van der Waals surface area contributed by atoms with Gasteiger partial charge in [0.05, 0.1) is 31.8 Å². The molecule has 0 unspecified atom stereocenters. The van der Waals surface area contributed by atoms with Gasteiger partial charge in [0.15, 0.2) is 23.4 Å². The highest BCUT2D eigenvalue weighted by molar-refractivity contribution is 6.03. The molecule has 0 bridgehead atoms. The number of hydrogen-bond donors (Lipinski definition) is 1. The highest BCUT2D eigenvalue weighted by atomic mass is 16.5. The Labute approximate surface area is 154 Å². The zero-order valence-corrected chi connectivity index (χ0v) is 14.9. The van der Waals surface area contributed by atoms with Crippen LogP contribution in [-0.4, -0.2) is 55.1 Å². The summed E-state index contributed by atoms with van der Waals surface area (Å²) in [6, 6.07) is 0. The molecule has 8 nitrogen and oxygen atoms in total. The molecule has 142 valence electrons. The number of morpholine rings is 1. The van der Waals surface area contributed by atoms with Gasteiger partial charge in [0, 0.05) is 30.5 Å². The fourth-order valence-electron chi connectivity index (χ4n) is 3.76. The van der Waals surface area contributed by atoms with Crippen molar-refractivity contribution >= 4 is 23.2 Å². The fraction of sp³-hybridized carbons (Fsp3) is 0.421. The van der Waals surface area contributed by atoms with Gasteiger partial charge in [-0.15, -0.1) is 0 Å². The number of carbonyl (C=O) groups excluding carboxylic acids is 2. The zero-order chi connectivity index (χ0) is 19.1. The van der Waals surface area contributed by atoms with Crippen LogP contribution >= 0.6 is 0 Å². The predicted octanol–water partition coefficient (Wildman–Crippen LogP) is 0.956. The second-order valence-electron chi connectivity index (χ2n) is 6.65. The van der Waals surface area contributed by atoms with E-state index in [1.165, 1.54) is 0 Å². The van der Waals surface area contributed by atoms with Crippen LogP contribution in [0.3, 0.4) is 0 Å². The molecule has 0 spiro atoms. The Balaban J connectivity index is 1.86. The third kappa shape index (κ3) is 2.76. The van der Waals surface area contributed by atoms with Crippen molar-refractivity contribution in [3.63, 3.8) is 0 Å². The van der Waals surface area contributed by atoms with E-state index in [0.717, 1.165) is 0 Å². The van der Waals surface area contributed by atoms with Crippen molar-refractivity contribution in [3.8, 4) is 11.5 Å². The third-order valence-electron chi connectivity index (χ3n) is 5.19. The highest BCUT2D eigenvalue weighted by Gasteiger charge is 2.29. The van der Waals surface area contributed by atoms with Crippen molar-refractivity contribution in [2.24, 2.45) is 0 Å². The van der Waals surface area contributed by atoms with Gasteiger partial charge in [0.25, 0.3) is 0 Å². The van der Waals surface area contributed by atoms with Crippen LogP contribution in [0.25, 0.3) is 11.0 Å². The number of aryl methyl sites for hydroxylation is 1. The van der Waals surface area contributed by atoms with E-state index in [-0.39, 0.29) is 40.5 Å². The first-order valence-electron chi connectivity index (χ1n) is 8.80. The minimum absolute atomic E-state index is 0.0387. The molecule has 1 N–H and O–H groups in total. The lowest BCUT2D eigenvalue weighted by atomic mass is 9.95. The van der Waals surface area contributed by atoms with E-state index in [2.05, 4.69) is 0 Å². The minimum Gasteiger partial charge on any atom is -0.504 e. The Hall–Kier alpha value is -2.87. The van der Waals surface area contributed by atoms with Crippen LogP contribution in [0.5, 0.6) is 11.5 Å². The second-order valence-corrected chi connectivity index (χ2v) is 6.65. The molecule has 27 heavy (non-hydrogen) atoms. The number of phenols is 1. The number of fused-ring (bicyclic) bond motifs is 3. The molecule has 0 radical (unpaired) electrons. The van der Waals surface area contributed by atoms with Crippen molar-refractivity contribution in [1.29, 1.82) is 0 Å². The average molecular weight is 373 g/mol. The maximum absolute atomic E-state index is 12.6. The number of benzene rings is 1. The molecule has 1 amide bonds. The molecule has 1 fully saturated rings. The van der Waals surface area contributed by atoms with E-state index in [1.54, 1.807) is 11.8 Å². The van der Waals surface area contributed by atoms with Crippen molar-refractivity contribution in [3.05, 3.63) is 32.7 Å². The van der Waals surface area contributed by atoms with Crippen LogP contribution in [0.2, 0.25) is 0 Å². The number of rotatable bonds is 3. The van der Waals surface area contributed by atoms with Crippen molar-refractivity contribution < 1.29 is 28.6 Å². The minimum atomic E-state index is -0.678. The number of ether oxygens (including phenoxy) is 2. The van der Waals surface area contributed by atoms with Crippen LogP contribution in [0.4, 0.5) is 0 Å². The molecule has 8 heteroatoms. The summed E-state index contributed by atoms with van der Waals surface area (Å²) in [5, 5.41) is 10.8. The molecule has 2 aliphatic rings. The SMILES string of the molecule is Cc1c(CC(=O)N2CCOCC2)c(=O)oc2c(C=O)c(O)c3c(c12)CCO3. The van der Waals surface area contributed by atoms with Gasteiger partial charge in [-0.1, -0.05) is 0 Å². The lowest BCUT2D eigenvalue weighted by Gasteiger charge is -2.27. The van der Waals surface area contributed by atoms with Crippen molar-refractivity contribution in [1.82, 2.24) is 4.90 Å². The lowest BCUT2D eigenvalue weighted by molar-refractivity contribution is -0.134. The maximum atomic E-state index is 12.6. The number of amides is 1. The van der Waals surface area contributed by atoms with Crippen LogP contribution in [-0.2, 0) is 22.4 Å². The number of phenolic OH excluding ortho intramolecular Hbond substituents is 1. The van der Waals surface area contributed by atoms with Gasteiger partial charge in [0.2, 0.25) is 5.91 Å². The van der Waals surface area contributed by atoms with Gasteiger partial charge in [-0.2, -0.15) is 0 Å². The van der Waals surface area contributed by atoms with Crippen LogP contribution < -0.4 is 10.4 Å². The monoisotopic (exact) mass is 373 g/mol. The molecule has 4 rings (SSSR count). The first-order valence-corrected chi connectivity index (χ1v) is 8.80. The summed E-state index contributed by atoms with van der Waals surface area (Å²) in [5.41, 5.74) is 0.773. The molecule has 1 aromatic heterocycles. The molecular formula is C19H19NO7. The van der Waals surface area contributed by atoms with Crippen LogP contribution in [0, 0.1) is 6.92 Å². The molecule has 0 aliphatic carbocycles. The molecule has 0 saturated carbocycles. The Bertz CT molecular complexity index is 1000. The smallest absolute Gasteiger partial charge is 0.340 e. The number of aldehydes is 1. The van der Waals surface area contributed by atoms with E-state index >= 15 is 0 Å². The summed E-state index contributed by atoms with van der Waals surface area (Å²) < 4.78 is 16.1. The van der Waals surface area contributed by atoms with Crippen molar-refractivity contribution in [2.75, 3.05) is 32.9 Å². The van der Waals surface area contributed by atoms with Gasteiger partial charge < -0.3 is 23.9 Å². The van der Waals surface area contributed by atoms with E-state index in [4.69, 9.17) is 13.9 Å². The summed E-state index contributed by atoms with van der Waals surface area (Å²) in [6.45, 7) is 4.02. The largest absolute Gasteiger partial charge is 0.504 e. The number of hydrogen-bond acceptors (Lipinski definition) is 7. The summed E-state index contributed by atoms with van der Waals surface area (Å²) >= 11 is 0. The second kappa shape index (κ2) is 6.70. The van der Waals surface area contributed by atoms with E-state index < -0.39 is 5.63 Å². The normalized spacial score (nSPS) is 16.3. The van der Waals surface area contributed by atoms with Gasteiger partial charge in [-0.05, 0) is 12.5 Å². The fourth-order valence-corrected chi connectivity index (χ4v) is 3.76. The van der Waals surface area contributed by atoms with Crippen LogP contribution in [0.1, 0.15) is 27.0 Å². The number of carbonyl (C=O) groups is 2. The average Bonchev–Trinajstić information content (AvgIpc) is 3.15. The molecule has 1 aromatic carbocycles. The van der Waals surface area contributed by atoms with E-state index in [9.17, 15) is 19.5 Å². The Kier molecular flexibility index (Phi) is 4.35. The van der Waals surface area contributed by atoms with Crippen LogP contribution in [0.15, 0.2) is 9.21 Å². The molecule has 3 heterocycles. The highest BCUT2D eigenvalue weighted by Crippen LogP contribution is 2.44. The van der Waals surface area contributed by atoms with Gasteiger partial charge in [-0.3, -0.25) is 9.59 Å². The zero-order valence-electron chi connectivity index (χ0n) is 14.9. The Morgan fingerprint density at radius 1 is 1.26 bits per heavy atom. The quantitative estimate of drug-likeness (QED) is 0.631. The summed E-state index contributed by atoms with van der Waals surface area (Å²) in [7, 11) is 0. The first kappa shape index (κ1) is 17.5. The topological polar surface area (TPSA) is 106 Å². The van der Waals surface area contributed by atoms with Gasteiger partial charge in [-0.25, -0.2) is 4.79 Å². The van der Waals surface area contributed by atoms with Crippen molar-refractivity contribution in [2.45, 2.75) is 19.8 Å². The van der Waals surface area contributed by atoms with E-state index in [0.29, 0.717) is 62.1 Å². The molecule has 1 saturated heterocycles. The molecule has 2 aromatic rings. The molecule has 0 atom stereocenters. The maximum Gasteiger partial charge on any atom is 0.340 e. The predicted molar refractivity (Wildman–Crippen MR) is 94.6 cm³/mol. The lowest BCUT2D eigenvalue weighted by Crippen LogP contribution is -2.42. The summed E-state index contributed by atoms with van der Waals surface area (Å²) in [4.78, 5) is 38.3.